The van der Waals surface area contributed by atoms with Gasteiger partial charge in [-0.05, 0) is 48.0 Å². The number of halogens is 1. The van der Waals surface area contributed by atoms with E-state index in [4.69, 9.17) is 11.6 Å². The molecule has 0 saturated carbocycles. The molecule has 0 atom stereocenters. The summed E-state index contributed by atoms with van der Waals surface area (Å²) in [6, 6.07) is 21.0. The number of hydrogen-bond donors (Lipinski definition) is 4. The Hall–Kier alpha value is -4.49. The fraction of sp³-hybridized carbons (Fsp3) is 0.0714. The van der Waals surface area contributed by atoms with Crippen LogP contribution < -0.4 is 10.6 Å². The third-order valence-corrected chi connectivity index (χ3v) is 6.82. The van der Waals surface area contributed by atoms with E-state index < -0.39 is 11.8 Å². The molecule has 4 N–H and O–H groups in total. The predicted molar refractivity (Wildman–Crippen MR) is 140 cm³/mol. The van der Waals surface area contributed by atoms with Gasteiger partial charge in [-0.1, -0.05) is 35.9 Å². The van der Waals surface area contributed by atoms with E-state index in [1.807, 2.05) is 30.3 Å². The molecule has 0 saturated heterocycles. The quantitative estimate of drug-likeness (QED) is 0.239. The van der Waals surface area contributed by atoms with Gasteiger partial charge in [0.25, 0.3) is 11.8 Å². The van der Waals surface area contributed by atoms with Crippen molar-refractivity contribution in [2.45, 2.75) is 6.54 Å². The molecule has 0 spiro atoms. The third-order valence-electron chi connectivity index (χ3n) is 6.49. The van der Waals surface area contributed by atoms with Gasteiger partial charge in [0.1, 0.15) is 11.5 Å². The zero-order chi connectivity index (χ0) is 25.0. The number of imide groups is 1. The number of nitrogens with zero attached hydrogens (tertiary/aromatic N) is 1. The standard InChI is InChI=1S/C28H20ClN3O4/c29-21-7-2-1-6-18(21)19-14-23-24(26-25(19)27(35)31-28(26)36)20-13-17(34)8-9-22(20)32(23)11-10-30-15-4-3-5-16(33)12-15/h1-9,12-14,30,33-34H,10-11H2,(H,31,35,36). The number of rotatable bonds is 5. The molecule has 2 amide bonds. The van der Waals surface area contributed by atoms with E-state index >= 15 is 0 Å². The second-order valence-electron chi connectivity index (χ2n) is 8.66. The Kier molecular flexibility index (Phi) is 5.09. The number of fused-ring (bicyclic) bond motifs is 5. The number of carbonyl (C=O) groups is 2. The van der Waals surface area contributed by atoms with Crippen LogP contribution in [0.2, 0.25) is 5.02 Å². The molecule has 8 heteroatoms. The van der Waals surface area contributed by atoms with Crippen molar-refractivity contribution in [3.8, 4) is 22.6 Å². The van der Waals surface area contributed by atoms with E-state index in [1.54, 1.807) is 42.5 Å². The third kappa shape index (κ3) is 3.44. The summed E-state index contributed by atoms with van der Waals surface area (Å²) in [7, 11) is 0. The van der Waals surface area contributed by atoms with Crippen LogP contribution in [0, 0.1) is 0 Å². The molecule has 1 aliphatic rings. The van der Waals surface area contributed by atoms with Gasteiger partial charge in [-0.3, -0.25) is 14.9 Å². The van der Waals surface area contributed by atoms with Crippen molar-refractivity contribution in [2.75, 3.05) is 11.9 Å². The molecule has 1 aromatic heterocycles. The summed E-state index contributed by atoms with van der Waals surface area (Å²) < 4.78 is 2.05. The summed E-state index contributed by atoms with van der Waals surface area (Å²) in [6.07, 6.45) is 0. The molecule has 6 rings (SSSR count). The van der Waals surface area contributed by atoms with Gasteiger partial charge in [-0.25, -0.2) is 0 Å². The van der Waals surface area contributed by atoms with Gasteiger partial charge in [0.15, 0.2) is 0 Å². The number of hydrogen-bond acceptors (Lipinski definition) is 5. The molecule has 1 aliphatic heterocycles. The van der Waals surface area contributed by atoms with Crippen molar-refractivity contribution in [2.24, 2.45) is 0 Å². The molecule has 0 unspecified atom stereocenters. The monoisotopic (exact) mass is 497 g/mol. The number of phenols is 2. The zero-order valence-electron chi connectivity index (χ0n) is 18.9. The Morgan fingerprint density at radius 1 is 0.806 bits per heavy atom. The van der Waals surface area contributed by atoms with E-state index in [-0.39, 0.29) is 22.6 Å². The Bertz CT molecular complexity index is 1720. The van der Waals surface area contributed by atoms with Crippen LogP contribution in [0.1, 0.15) is 20.7 Å². The maximum atomic E-state index is 13.1. The Balaban J connectivity index is 1.59. The fourth-order valence-electron chi connectivity index (χ4n) is 5.00. The minimum Gasteiger partial charge on any atom is -0.508 e. The first-order chi connectivity index (χ1) is 17.4. The molecule has 0 radical (unpaired) electrons. The van der Waals surface area contributed by atoms with Crippen LogP contribution >= 0.6 is 11.6 Å². The second kappa shape index (κ2) is 8.32. The molecule has 0 aliphatic carbocycles. The highest BCUT2D eigenvalue weighted by Crippen LogP contribution is 2.42. The van der Waals surface area contributed by atoms with Crippen molar-refractivity contribution in [3.05, 3.63) is 88.9 Å². The van der Waals surface area contributed by atoms with E-state index in [0.29, 0.717) is 40.0 Å². The first-order valence-electron chi connectivity index (χ1n) is 11.4. The summed E-state index contributed by atoms with van der Waals surface area (Å²) >= 11 is 6.51. The normalized spacial score (nSPS) is 12.8. The molecule has 5 aromatic rings. The van der Waals surface area contributed by atoms with Gasteiger partial charge >= 0.3 is 0 Å². The van der Waals surface area contributed by atoms with Gasteiger partial charge in [0.2, 0.25) is 0 Å². The fourth-order valence-corrected chi connectivity index (χ4v) is 5.23. The van der Waals surface area contributed by atoms with Crippen molar-refractivity contribution in [3.63, 3.8) is 0 Å². The van der Waals surface area contributed by atoms with Crippen LogP contribution in [-0.4, -0.2) is 33.1 Å². The molecule has 0 bridgehead atoms. The van der Waals surface area contributed by atoms with Crippen molar-refractivity contribution in [1.29, 1.82) is 0 Å². The minimum absolute atomic E-state index is 0.0631. The molecule has 36 heavy (non-hydrogen) atoms. The molecule has 0 fully saturated rings. The SMILES string of the molecule is O=C1NC(=O)c2c1c(-c1ccccc1Cl)cc1c2c2cc(O)ccc2n1CCNc1cccc(O)c1. The number of carbonyl (C=O) groups excluding carboxylic acids is 2. The number of nitrogens with one attached hydrogen (secondary N) is 2. The lowest BCUT2D eigenvalue weighted by Crippen LogP contribution is -2.20. The van der Waals surface area contributed by atoms with Crippen LogP contribution in [0.25, 0.3) is 32.9 Å². The molecule has 4 aromatic carbocycles. The maximum absolute atomic E-state index is 13.1. The molecular weight excluding hydrogens is 478 g/mol. The van der Waals surface area contributed by atoms with E-state index in [1.165, 1.54) is 0 Å². The largest absolute Gasteiger partial charge is 0.508 e. The second-order valence-corrected chi connectivity index (χ2v) is 9.07. The molecular formula is C28H20ClN3O4. The lowest BCUT2D eigenvalue weighted by molar-refractivity contribution is 0.0880. The van der Waals surface area contributed by atoms with E-state index in [9.17, 15) is 19.8 Å². The maximum Gasteiger partial charge on any atom is 0.259 e. The first-order valence-corrected chi connectivity index (χ1v) is 11.8. The van der Waals surface area contributed by atoms with E-state index in [2.05, 4.69) is 15.2 Å². The summed E-state index contributed by atoms with van der Waals surface area (Å²) in [5.74, 6) is -0.719. The topological polar surface area (TPSA) is 104 Å². The average Bonchev–Trinajstić information content (AvgIpc) is 3.32. The number of phenolic OH excluding ortho intramolecular Hbond substituents is 2. The summed E-state index contributed by atoms with van der Waals surface area (Å²) in [5.41, 5.74) is 4.11. The highest BCUT2D eigenvalue weighted by Gasteiger charge is 2.34. The summed E-state index contributed by atoms with van der Waals surface area (Å²) in [5, 5.41) is 27.5. The number of amides is 2. The van der Waals surface area contributed by atoms with Crippen LogP contribution in [-0.2, 0) is 6.54 Å². The Morgan fingerprint density at radius 3 is 2.39 bits per heavy atom. The smallest absolute Gasteiger partial charge is 0.259 e. The van der Waals surface area contributed by atoms with Gasteiger partial charge in [-0.15, -0.1) is 0 Å². The van der Waals surface area contributed by atoms with Crippen LogP contribution in [0.3, 0.4) is 0 Å². The number of anilines is 1. The van der Waals surface area contributed by atoms with Crippen molar-refractivity contribution >= 4 is 50.9 Å². The summed E-state index contributed by atoms with van der Waals surface area (Å²) in [6.45, 7) is 1.03. The predicted octanol–water partition coefficient (Wildman–Crippen LogP) is 5.52. The van der Waals surface area contributed by atoms with Crippen LogP contribution in [0.4, 0.5) is 5.69 Å². The molecule has 2 heterocycles. The van der Waals surface area contributed by atoms with Crippen molar-refractivity contribution in [1.82, 2.24) is 9.88 Å². The zero-order valence-corrected chi connectivity index (χ0v) is 19.6. The number of aromatic nitrogens is 1. The first kappa shape index (κ1) is 22.0. The lowest BCUT2D eigenvalue weighted by atomic mass is 9.93. The van der Waals surface area contributed by atoms with Gasteiger partial charge < -0.3 is 20.1 Å². The molecule has 7 nitrogen and oxygen atoms in total. The number of benzene rings is 4. The highest BCUT2D eigenvalue weighted by molar-refractivity contribution is 6.36. The van der Waals surface area contributed by atoms with Gasteiger partial charge in [-0.2, -0.15) is 0 Å². The summed E-state index contributed by atoms with van der Waals surface area (Å²) in [4.78, 5) is 26.0. The van der Waals surface area contributed by atoms with Crippen molar-refractivity contribution < 1.29 is 19.8 Å². The Labute approximate surface area is 210 Å². The average molecular weight is 498 g/mol. The molecule has 178 valence electrons. The lowest BCUT2D eigenvalue weighted by Gasteiger charge is -2.13. The van der Waals surface area contributed by atoms with Gasteiger partial charge in [0, 0.05) is 51.7 Å². The highest BCUT2D eigenvalue weighted by atomic mass is 35.5. The van der Waals surface area contributed by atoms with E-state index in [0.717, 1.165) is 16.7 Å². The number of aromatic hydroxyl groups is 2. The Morgan fingerprint density at radius 2 is 1.58 bits per heavy atom. The van der Waals surface area contributed by atoms with Crippen LogP contribution in [0.5, 0.6) is 11.5 Å². The van der Waals surface area contributed by atoms with Gasteiger partial charge in [0.05, 0.1) is 16.6 Å². The minimum atomic E-state index is -0.478. The van der Waals surface area contributed by atoms with Crippen LogP contribution in [0.15, 0.2) is 72.8 Å².